The topological polar surface area (TPSA) is 78.5 Å². The lowest BCUT2D eigenvalue weighted by Gasteiger charge is -2.43. The van der Waals surface area contributed by atoms with E-state index in [0.717, 1.165) is 23.1 Å². The zero-order chi connectivity index (χ0) is 25.7. The molecule has 4 heterocycles. The molecule has 3 aromatic rings. The second-order valence-electron chi connectivity index (χ2n) is 10.7. The van der Waals surface area contributed by atoms with Crippen molar-refractivity contribution >= 4 is 29.0 Å². The summed E-state index contributed by atoms with van der Waals surface area (Å²) in [7, 11) is 0. The molecule has 2 spiro atoms. The standard InChI is InChI=1S/C30H26FN3O3/c1-16-14-17(2)25-21(15-16)30(28(37)33-25)29(20-6-3-4-7-22(20)32-27(29)36)24(23-8-5-13-34(23)30)26(35)18-9-11-19(31)12-10-18/h3-4,6-7,9-12,14-15,23-24H,5,8,13H2,1-2H3,(H,32,36)(H,33,37)/t23-,24-,29+,30+/m0/s1. The van der Waals surface area contributed by atoms with Gasteiger partial charge < -0.3 is 10.6 Å². The Morgan fingerprint density at radius 3 is 2.51 bits per heavy atom. The summed E-state index contributed by atoms with van der Waals surface area (Å²) in [6.45, 7) is 4.53. The number of para-hydroxylation sites is 1. The maximum absolute atomic E-state index is 14.4. The lowest BCUT2D eigenvalue weighted by Crippen LogP contribution is -2.62. The molecule has 0 unspecified atom stereocenters. The number of nitrogens with one attached hydrogen (secondary N) is 2. The number of hydrogen-bond acceptors (Lipinski definition) is 4. The van der Waals surface area contributed by atoms with Crippen molar-refractivity contribution in [1.29, 1.82) is 0 Å². The third-order valence-electron chi connectivity index (χ3n) is 8.96. The van der Waals surface area contributed by atoms with Crippen molar-refractivity contribution in [2.75, 3.05) is 17.2 Å². The van der Waals surface area contributed by atoms with Gasteiger partial charge in [-0.25, -0.2) is 4.39 Å². The molecule has 6 nitrogen and oxygen atoms in total. The van der Waals surface area contributed by atoms with E-state index in [-0.39, 0.29) is 23.6 Å². The van der Waals surface area contributed by atoms with Gasteiger partial charge in [0.25, 0.3) is 5.91 Å². The van der Waals surface area contributed by atoms with Gasteiger partial charge >= 0.3 is 0 Å². The van der Waals surface area contributed by atoms with Gasteiger partial charge in [-0.1, -0.05) is 35.9 Å². The van der Waals surface area contributed by atoms with Gasteiger partial charge in [-0.2, -0.15) is 0 Å². The first kappa shape index (κ1) is 22.4. The smallest absolute Gasteiger partial charge is 0.251 e. The first-order chi connectivity index (χ1) is 17.8. The Morgan fingerprint density at radius 1 is 0.973 bits per heavy atom. The summed E-state index contributed by atoms with van der Waals surface area (Å²) in [5, 5.41) is 6.16. The number of nitrogens with zero attached hydrogens (tertiary/aromatic N) is 1. The monoisotopic (exact) mass is 495 g/mol. The predicted octanol–water partition coefficient (Wildman–Crippen LogP) is 4.46. The molecule has 0 aliphatic carbocycles. The lowest BCUT2D eigenvalue weighted by atomic mass is 9.57. The van der Waals surface area contributed by atoms with E-state index in [4.69, 9.17) is 0 Å². The fourth-order valence-corrected chi connectivity index (χ4v) is 7.83. The van der Waals surface area contributed by atoms with E-state index in [0.29, 0.717) is 35.5 Å². The van der Waals surface area contributed by atoms with Gasteiger partial charge in [-0.3, -0.25) is 19.3 Å². The molecule has 3 aromatic carbocycles. The molecule has 37 heavy (non-hydrogen) atoms. The van der Waals surface area contributed by atoms with Gasteiger partial charge in [0, 0.05) is 28.5 Å². The van der Waals surface area contributed by atoms with Crippen LogP contribution < -0.4 is 10.6 Å². The normalized spacial score (nSPS) is 29.4. The number of halogens is 1. The van der Waals surface area contributed by atoms with E-state index in [1.807, 2.05) is 50.2 Å². The van der Waals surface area contributed by atoms with E-state index in [1.165, 1.54) is 24.3 Å². The molecule has 4 aliphatic rings. The second-order valence-corrected chi connectivity index (χ2v) is 10.7. The Hall–Kier alpha value is -3.84. The Bertz CT molecular complexity index is 1530. The van der Waals surface area contributed by atoms with Crippen molar-refractivity contribution in [3.63, 3.8) is 0 Å². The quantitative estimate of drug-likeness (QED) is 0.515. The molecule has 0 radical (unpaired) electrons. The summed E-state index contributed by atoms with van der Waals surface area (Å²) in [6, 6.07) is 16.6. The number of Topliss-reactive ketones (excluding diaryl/α,β-unsaturated/α-hetero) is 1. The number of carbonyl (C=O) groups is 3. The second kappa shape index (κ2) is 7.35. The zero-order valence-electron chi connectivity index (χ0n) is 20.6. The average Bonchev–Trinajstić information content (AvgIpc) is 3.59. The molecule has 7 heteroatoms. The molecule has 4 atom stereocenters. The van der Waals surface area contributed by atoms with Crippen LogP contribution in [0.1, 0.15) is 45.5 Å². The van der Waals surface area contributed by atoms with Crippen LogP contribution in [0, 0.1) is 25.6 Å². The van der Waals surface area contributed by atoms with Crippen LogP contribution in [0.2, 0.25) is 0 Å². The van der Waals surface area contributed by atoms with Gasteiger partial charge in [0.1, 0.15) is 16.8 Å². The summed E-state index contributed by atoms with van der Waals surface area (Å²) in [6.07, 6.45) is 1.50. The van der Waals surface area contributed by atoms with Crippen molar-refractivity contribution in [3.8, 4) is 0 Å². The molecule has 0 aromatic heterocycles. The van der Waals surface area contributed by atoms with E-state index in [1.54, 1.807) is 0 Å². The van der Waals surface area contributed by atoms with Crippen LogP contribution in [-0.2, 0) is 20.5 Å². The average molecular weight is 496 g/mol. The fourth-order valence-electron chi connectivity index (χ4n) is 7.83. The van der Waals surface area contributed by atoms with E-state index in [2.05, 4.69) is 15.5 Å². The van der Waals surface area contributed by atoms with Gasteiger partial charge in [-0.05, 0) is 74.7 Å². The Balaban J connectivity index is 1.60. The molecule has 186 valence electrons. The highest BCUT2D eigenvalue weighted by molar-refractivity contribution is 6.21. The number of carbonyl (C=O) groups excluding carboxylic acids is 3. The van der Waals surface area contributed by atoms with Crippen LogP contribution in [0.5, 0.6) is 0 Å². The van der Waals surface area contributed by atoms with Crippen LogP contribution >= 0.6 is 0 Å². The number of amides is 2. The summed E-state index contributed by atoms with van der Waals surface area (Å²) in [4.78, 5) is 45.5. The molecule has 7 rings (SSSR count). The van der Waals surface area contributed by atoms with E-state index >= 15 is 0 Å². The van der Waals surface area contributed by atoms with Crippen LogP contribution in [0.3, 0.4) is 0 Å². The predicted molar refractivity (Wildman–Crippen MR) is 137 cm³/mol. The van der Waals surface area contributed by atoms with Crippen molar-refractivity contribution in [2.24, 2.45) is 5.92 Å². The van der Waals surface area contributed by atoms with Gasteiger partial charge in [0.2, 0.25) is 5.91 Å². The van der Waals surface area contributed by atoms with Crippen molar-refractivity contribution in [2.45, 2.75) is 43.7 Å². The molecule has 4 aliphatic heterocycles. The van der Waals surface area contributed by atoms with Gasteiger partial charge in [0.15, 0.2) is 5.78 Å². The maximum Gasteiger partial charge on any atom is 0.251 e. The number of rotatable bonds is 2. The Morgan fingerprint density at radius 2 is 1.73 bits per heavy atom. The fraction of sp³-hybridized carbons (Fsp3) is 0.300. The summed E-state index contributed by atoms with van der Waals surface area (Å²) < 4.78 is 13.8. The highest BCUT2D eigenvalue weighted by Gasteiger charge is 2.81. The zero-order valence-corrected chi connectivity index (χ0v) is 20.6. The molecule has 0 saturated carbocycles. The number of aryl methyl sites for hydroxylation is 2. The van der Waals surface area contributed by atoms with Crippen LogP contribution in [-0.4, -0.2) is 35.1 Å². The first-order valence-corrected chi connectivity index (χ1v) is 12.7. The van der Waals surface area contributed by atoms with E-state index in [9.17, 15) is 18.8 Å². The minimum atomic E-state index is -1.49. The number of ketones is 1. The molecule has 2 saturated heterocycles. The molecule has 2 amide bonds. The number of anilines is 2. The Kier molecular flexibility index (Phi) is 4.45. The number of hydrogen-bond donors (Lipinski definition) is 2. The lowest BCUT2D eigenvalue weighted by molar-refractivity contribution is -0.137. The third kappa shape index (κ3) is 2.50. The molecule has 0 bridgehead atoms. The number of fused-ring (bicyclic) bond motifs is 7. The van der Waals surface area contributed by atoms with Crippen molar-refractivity contribution in [3.05, 3.63) is 94.3 Å². The maximum atomic E-state index is 14.4. The summed E-state index contributed by atoms with van der Waals surface area (Å²) >= 11 is 0. The SMILES string of the molecule is Cc1cc(C)c2c(c1)[C@]1(C(=O)N2)N2CCC[C@H]2[C@@H](C(=O)c2ccc(F)cc2)[C@]12C(=O)Nc1ccccc12. The first-order valence-electron chi connectivity index (χ1n) is 12.7. The van der Waals surface area contributed by atoms with Gasteiger partial charge in [0.05, 0.1) is 5.92 Å². The Labute approximate surface area is 213 Å². The molecular weight excluding hydrogens is 469 g/mol. The van der Waals surface area contributed by atoms with Gasteiger partial charge in [-0.15, -0.1) is 0 Å². The van der Waals surface area contributed by atoms with E-state index < -0.39 is 22.7 Å². The van der Waals surface area contributed by atoms with Crippen LogP contribution in [0.4, 0.5) is 15.8 Å². The largest absolute Gasteiger partial charge is 0.325 e. The molecule has 2 fully saturated rings. The minimum Gasteiger partial charge on any atom is -0.325 e. The third-order valence-corrected chi connectivity index (χ3v) is 8.96. The summed E-state index contributed by atoms with van der Waals surface area (Å²) in [5.41, 5.74) is 2.12. The van der Waals surface area contributed by atoms with Crippen molar-refractivity contribution < 1.29 is 18.8 Å². The molecular formula is C30H26FN3O3. The van der Waals surface area contributed by atoms with Crippen LogP contribution in [0.15, 0.2) is 60.7 Å². The minimum absolute atomic E-state index is 0.244. The van der Waals surface area contributed by atoms with Crippen LogP contribution in [0.25, 0.3) is 0 Å². The summed E-state index contributed by atoms with van der Waals surface area (Å²) in [5.74, 6) is -2.13. The molecule has 2 N–H and O–H groups in total. The number of benzene rings is 3. The van der Waals surface area contributed by atoms with Crippen molar-refractivity contribution in [1.82, 2.24) is 4.90 Å². The highest BCUT2D eigenvalue weighted by atomic mass is 19.1. The highest BCUT2D eigenvalue weighted by Crippen LogP contribution is 2.68.